The largest absolute Gasteiger partial charge is 0.348 e. The molecule has 0 saturated carbocycles. The Morgan fingerprint density at radius 3 is 2.56 bits per heavy atom. The molecule has 1 saturated heterocycles. The van der Waals surface area contributed by atoms with E-state index in [1.165, 1.54) is 5.70 Å². The van der Waals surface area contributed by atoms with Crippen molar-refractivity contribution in [1.29, 1.82) is 0 Å². The predicted molar refractivity (Wildman–Crippen MR) is 46.0 cm³/mol. The summed E-state index contributed by atoms with van der Waals surface area (Å²) < 4.78 is 0. The SMILES string of the molecule is BCN1C(=C)CSC1=C. The molecule has 0 radical (unpaired) electrons. The van der Waals surface area contributed by atoms with Gasteiger partial charge in [0.1, 0.15) is 7.85 Å². The van der Waals surface area contributed by atoms with Crippen LogP contribution in [0.3, 0.4) is 0 Å². The summed E-state index contributed by atoms with van der Waals surface area (Å²) in [5.74, 6) is 1.02. The van der Waals surface area contributed by atoms with Crippen LogP contribution in [0.2, 0.25) is 0 Å². The zero-order chi connectivity index (χ0) is 6.85. The van der Waals surface area contributed by atoms with Crippen LogP contribution in [0.1, 0.15) is 0 Å². The van der Waals surface area contributed by atoms with Gasteiger partial charge in [0, 0.05) is 11.4 Å². The molecule has 0 amide bonds. The molecule has 0 aromatic carbocycles. The normalized spacial score (nSPS) is 19.3. The Labute approximate surface area is 61.2 Å². The van der Waals surface area contributed by atoms with Crippen LogP contribution in [0.25, 0.3) is 0 Å². The van der Waals surface area contributed by atoms with Gasteiger partial charge in [-0.1, -0.05) is 13.2 Å². The minimum atomic E-state index is 1.00. The lowest BCUT2D eigenvalue weighted by Crippen LogP contribution is -2.16. The Kier molecular flexibility index (Phi) is 1.91. The van der Waals surface area contributed by atoms with Crippen LogP contribution in [-0.2, 0) is 0 Å². The fraction of sp³-hybridized carbons (Fsp3) is 0.333. The quantitative estimate of drug-likeness (QED) is 0.489. The van der Waals surface area contributed by atoms with Gasteiger partial charge in [-0.3, -0.25) is 0 Å². The monoisotopic (exact) mass is 139 g/mol. The summed E-state index contributed by atoms with van der Waals surface area (Å²) in [4.78, 5) is 2.14. The summed E-state index contributed by atoms with van der Waals surface area (Å²) in [6, 6.07) is 0. The molecular formula is C6H10BNS. The summed E-state index contributed by atoms with van der Waals surface area (Å²) in [6.45, 7) is 7.79. The second-order valence-corrected chi connectivity index (χ2v) is 3.04. The van der Waals surface area contributed by atoms with Crippen molar-refractivity contribution in [3.05, 3.63) is 23.9 Å². The van der Waals surface area contributed by atoms with Crippen molar-refractivity contribution in [2.45, 2.75) is 0 Å². The van der Waals surface area contributed by atoms with Crippen LogP contribution in [0, 0.1) is 0 Å². The van der Waals surface area contributed by atoms with E-state index in [0.29, 0.717) is 0 Å². The Bertz CT molecular complexity index is 139. The average Bonchev–Trinajstić information content (AvgIpc) is 2.12. The Hall–Kier alpha value is -0.305. The van der Waals surface area contributed by atoms with E-state index in [2.05, 4.69) is 25.9 Å². The van der Waals surface area contributed by atoms with Crippen LogP contribution in [0.15, 0.2) is 23.9 Å². The third-order valence-corrected chi connectivity index (χ3v) is 2.44. The van der Waals surface area contributed by atoms with E-state index in [0.717, 1.165) is 17.2 Å². The van der Waals surface area contributed by atoms with Gasteiger partial charge in [0.15, 0.2) is 0 Å². The predicted octanol–water partition coefficient (Wildman–Crippen LogP) is 0.611. The number of nitrogens with zero attached hydrogens (tertiary/aromatic N) is 1. The van der Waals surface area contributed by atoms with E-state index >= 15 is 0 Å². The van der Waals surface area contributed by atoms with Gasteiger partial charge in [0.25, 0.3) is 0 Å². The van der Waals surface area contributed by atoms with E-state index in [1.54, 1.807) is 11.8 Å². The maximum absolute atomic E-state index is 3.90. The van der Waals surface area contributed by atoms with Crippen LogP contribution < -0.4 is 0 Å². The van der Waals surface area contributed by atoms with Crippen LogP contribution in [-0.4, -0.2) is 24.9 Å². The molecular weight excluding hydrogens is 129 g/mol. The number of thioether (sulfide) groups is 1. The second kappa shape index (κ2) is 2.52. The van der Waals surface area contributed by atoms with E-state index in [1.807, 2.05) is 0 Å². The zero-order valence-corrected chi connectivity index (χ0v) is 6.50. The van der Waals surface area contributed by atoms with Crippen molar-refractivity contribution in [1.82, 2.24) is 4.90 Å². The average molecular weight is 139 g/mol. The van der Waals surface area contributed by atoms with Crippen molar-refractivity contribution in [2.24, 2.45) is 0 Å². The fourth-order valence-electron chi connectivity index (χ4n) is 0.899. The molecule has 0 atom stereocenters. The van der Waals surface area contributed by atoms with E-state index in [9.17, 15) is 0 Å². The standard InChI is InChI=1S/C6H10BNS/c1-5-3-9-6(2)8(5)4-7/h1-4,7H2. The first-order valence-electron chi connectivity index (χ1n) is 3.02. The molecule has 1 nitrogen and oxygen atoms in total. The highest BCUT2D eigenvalue weighted by atomic mass is 32.2. The molecule has 1 aliphatic rings. The number of hydrogen-bond donors (Lipinski definition) is 0. The molecule has 1 rings (SSSR count). The molecule has 48 valence electrons. The summed E-state index contributed by atoms with van der Waals surface area (Å²) in [5.41, 5.74) is 1.19. The van der Waals surface area contributed by atoms with Crippen molar-refractivity contribution < 1.29 is 0 Å². The lowest BCUT2D eigenvalue weighted by molar-refractivity contribution is 0.552. The molecule has 0 unspecified atom stereocenters. The second-order valence-electron chi connectivity index (χ2n) is 1.99. The van der Waals surface area contributed by atoms with Gasteiger partial charge < -0.3 is 4.90 Å². The van der Waals surface area contributed by atoms with E-state index < -0.39 is 0 Å². The molecule has 3 heteroatoms. The third-order valence-electron chi connectivity index (χ3n) is 1.40. The van der Waals surface area contributed by atoms with Crippen LogP contribution in [0.5, 0.6) is 0 Å². The Morgan fingerprint density at radius 1 is 1.67 bits per heavy atom. The first kappa shape index (κ1) is 6.81. The summed E-state index contributed by atoms with van der Waals surface area (Å²) in [7, 11) is 2.11. The number of hydrogen-bond acceptors (Lipinski definition) is 2. The van der Waals surface area contributed by atoms with Crippen molar-refractivity contribution in [3.63, 3.8) is 0 Å². The lowest BCUT2D eigenvalue weighted by Gasteiger charge is -2.15. The van der Waals surface area contributed by atoms with Gasteiger partial charge in [-0.05, 0) is 6.44 Å². The van der Waals surface area contributed by atoms with Gasteiger partial charge in [-0.15, -0.1) is 11.8 Å². The molecule has 1 heterocycles. The molecule has 0 aliphatic carbocycles. The lowest BCUT2D eigenvalue weighted by atomic mass is 10.1. The minimum absolute atomic E-state index is 1.00. The van der Waals surface area contributed by atoms with Gasteiger partial charge in [0.05, 0.1) is 5.03 Å². The van der Waals surface area contributed by atoms with Crippen molar-refractivity contribution in [3.8, 4) is 0 Å². The Balaban J connectivity index is 2.66. The van der Waals surface area contributed by atoms with Crippen LogP contribution in [0.4, 0.5) is 0 Å². The molecule has 0 aromatic rings. The van der Waals surface area contributed by atoms with Gasteiger partial charge in [-0.2, -0.15) is 0 Å². The fourth-order valence-corrected chi connectivity index (χ4v) is 1.80. The van der Waals surface area contributed by atoms with Crippen molar-refractivity contribution in [2.75, 3.05) is 12.2 Å². The number of rotatable bonds is 1. The van der Waals surface area contributed by atoms with Crippen LogP contribution >= 0.6 is 11.8 Å². The molecule has 1 fully saturated rings. The Morgan fingerprint density at radius 2 is 2.33 bits per heavy atom. The summed E-state index contributed by atoms with van der Waals surface area (Å²) in [6.07, 6.45) is 1.00. The molecule has 0 bridgehead atoms. The first-order valence-corrected chi connectivity index (χ1v) is 4.01. The summed E-state index contributed by atoms with van der Waals surface area (Å²) in [5, 5.41) is 1.14. The molecule has 0 aromatic heterocycles. The molecule has 9 heavy (non-hydrogen) atoms. The maximum atomic E-state index is 3.90. The van der Waals surface area contributed by atoms with Crippen molar-refractivity contribution >= 4 is 19.6 Å². The first-order chi connectivity index (χ1) is 4.25. The van der Waals surface area contributed by atoms with Gasteiger partial charge in [0.2, 0.25) is 0 Å². The van der Waals surface area contributed by atoms with Gasteiger partial charge >= 0.3 is 0 Å². The maximum Gasteiger partial charge on any atom is 0.127 e. The molecule has 1 aliphatic heterocycles. The van der Waals surface area contributed by atoms with E-state index in [4.69, 9.17) is 0 Å². The minimum Gasteiger partial charge on any atom is -0.348 e. The highest BCUT2D eigenvalue weighted by Crippen LogP contribution is 2.31. The highest BCUT2D eigenvalue weighted by molar-refractivity contribution is 8.03. The smallest absolute Gasteiger partial charge is 0.127 e. The van der Waals surface area contributed by atoms with E-state index in [-0.39, 0.29) is 0 Å². The highest BCUT2D eigenvalue weighted by Gasteiger charge is 2.16. The zero-order valence-electron chi connectivity index (χ0n) is 5.68. The summed E-state index contributed by atoms with van der Waals surface area (Å²) >= 11 is 1.77. The third kappa shape index (κ3) is 1.16. The molecule has 0 spiro atoms. The molecule has 0 N–H and O–H groups in total. The topological polar surface area (TPSA) is 3.24 Å². The van der Waals surface area contributed by atoms with Gasteiger partial charge in [-0.25, -0.2) is 0 Å².